The molecule has 2 aromatic carbocycles. The van der Waals surface area contributed by atoms with Gasteiger partial charge in [0.05, 0.1) is 0 Å². The molecule has 0 aromatic heterocycles. The van der Waals surface area contributed by atoms with E-state index in [2.05, 4.69) is 36.1 Å². The molecule has 136 valence electrons. The molecule has 2 aromatic rings. The maximum Gasteiger partial charge on any atom is 0.119 e. The lowest BCUT2D eigenvalue weighted by atomic mass is 10.1. The molecule has 0 heterocycles. The Morgan fingerprint density at radius 1 is 1.04 bits per heavy atom. The molecule has 0 aliphatic heterocycles. The smallest absolute Gasteiger partial charge is 0.119 e. The van der Waals surface area contributed by atoms with E-state index >= 15 is 0 Å². The molecule has 0 amide bonds. The van der Waals surface area contributed by atoms with Crippen LogP contribution in [0.4, 0.5) is 0 Å². The fraction of sp³-hybridized carbons (Fsp3) is 0.429. The van der Waals surface area contributed by atoms with E-state index in [1.807, 2.05) is 30.3 Å². The molecule has 0 saturated heterocycles. The minimum atomic E-state index is -0.535. The van der Waals surface area contributed by atoms with Crippen LogP contribution in [-0.4, -0.2) is 49.5 Å². The van der Waals surface area contributed by atoms with Crippen molar-refractivity contribution in [2.45, 2.75) is 26.0 Å². The number of benzene rings is 2. The van der Waals surface area contributed by atoms with Gasteiger partial charge in [-0.1, -0.05) is 42.5 Å². The molecule has 0 aliphatic carbocycles. The van der Waals surface area contributed by atoms with Crippen LogP contribution >= 0.6 is 0 Å². The SMILES string of the molecule is COCCCN(Cc1ccccc1C)CC(O)COc1ccccc1. The number of ether oxygens (including phenoxy) is 2. The Kier molecular flexibility index (Phi) is 8.46. The van der Waals surface area contributed by atoms with Crippen LogP contribution in [0.15, 0.2) is 54.6 Å². The Balaban J connectivity index is 1.89. The van der Waals surface area contributed by atoms with E-state index in [0.717, 1.165) is 31.9 Å². The highest BCUT2D eigenvalue weighted by Crippen LogP contribution is 2.12. The van der Waals surface area contributed by atoms with Crippen molar-refractivity contribution in [2.75, 3.05) is 33.4 Å². The molecule has 4 nitrogen and oxygen atoms in total. The molecule has 4 heteroatoms. The molecule has 2 rings (SSSR count). The van der Waals surface area contributed by atoms with Crippen LogP contribution in [0.3, 0.4) is 0 Å². The molecule has 1 atom stereocenters. The molecule has 0 fully saturated rings. The van der Waals surface area contributed by atoms with E-state index in [1.165, 1.54) is 11.1 Å². The summed E-state index contributed by atoms with van der Waals surface area (Å²) < 4.78 is 10.8. The number of hydrogen-bond donors (Lipinski definition) is 1. The molecule has 1 N–H and O–H groups in total. The molecule has 0 radical (unpaired) electrons. The number of aryl methyl sites for hydroxylation is 1. The zero-order chi connectivity index (χ0) is 17.9. The Hall–Kier alpha value is -1.88. The van der Waals surface area contributed by atoms with E-state index in [9.17, 15) is 5.11 Å². The molecule has 0 aliphatic rings. The number of rotatable bonds is 11. The number of para-hydroxylation sites is 1. The van der Waals surface area contributed by atoms with Gasteiger partial charge in [0.25, 0.3) is 0 Å². The average molecular weight is 343 g/mol. The zero-order valence-corrected chi connectivity index (χ0v) is 15.2. The first-order valence-corrected chi connectivity index (χ1v) is 8.80. The average Bonchev–Trinajstić information content (AvgIpc) is 2.63. The summed E-state index contributed by atoms with van der Waals surface area (Å²) in [6, 6.07) is 18.0. The summed E-state index contributed by atoms with van der Waals surface area (Å²) in [5.74, 6) is 0.784. The van der Waals surface area contributed by atoms with Crippen molar-refractivity contribution in [3.8, 4) is 5.75 Å². The highest BCUT2D eigenvalue weighted by Gasteiger charge is 2.14. The summed E-state index contributed by atoms with van der Waals surface area (Å²) in [6.07, 6.45) is 0.404. The number of nitrogens with zero attached hydrogens (tertiary/aromatic N) is 1. The Labute approximate surface area is 151 Å². The first-order valence-electron chi connectivity index (χ1n) is 8.80. The largest absolute Gasteiger partial charge is 0.491 e. The highest BCUT2D eigenvalue weighted by atomic mass is 16.5. The Morgan fingerprint density at radius 2 is 1.76 bits per heavy atom. The van der Waals surface area contributed by atoms with Gasteiger partial charge in [0, 0.05) is 33.4 Å². The Bertz CT molecular complexity index is 603. The summed E-state index contributed by atoms with van der Waals surface area (Å²) in [4.78, 5) is 2.26. The van der Waals surface area contributed by atoms with Gasteiger partial charge < -0.3 is 14.6 Å². The van der Waals surface area contributed by atoms with Gasteiger partial charge in [0.2, 0.25) is 0 Å². The predicted octanol–water partition coefficient (Wildman–Crippen LogP) is 3.27. The van der Waals surface area contributed by atoms with Crippen molar-refractivity contribution in [3.05, 3.63) is 65.7 Å². The summed E-state index contributed by atoms with van der Waals surface area (Å²) >= 11 is 0. The predicted molar refractivity (Wildman–Crippen MR) is 101 cm³/mol. The van der Waals surface area contributed by atoms with Gasteiger partial charge in [-0.2, -0.15) is 0 Å². The van der Waals surface area contributed by atoms with Crippen LogP contribution in [0.1, 0.15) is 17.5 Å². The molecule has 0 spiro atoms. The van der Waals surface area contributed by atoms with Crippen LogP contribution in [0.2, 0.25) is 0 Å². The third-order valence-electron chi connectivity index (χ3n) is 4.13. The molecule has 1 unspecified atom stereocenters. The maximum absolute atomic E-state index is 10.4. The summed E-state index contributed by atoms with van der Waals surface area (Å²) in [7, 11) is 1.72. The normalized spacial score (nSPS) is 12.3. The van der Waals surface area contributed by atoms with Crippen molar-refractivity contribution >= 4 is 0 Å². The minimum absolute atomic E-state index is 0.290. The third kappa shape index (κ3) is 7.26. The fourth-order valence-corrected chi connectivity index (χ4v) is 2.76. The van der Waals surface area contributed by atoms with Gasteiger partial charge in [-0.15, -0.1) is 0 Å². The maximum atomic E-state index is 10.4. The summed E-state index contributed by atoms with van der Waals surface area (Å²) in [5.41, 5.74) is 2.56. The van der Waals surface area contributed by atoms with Gasteiger partial charge in [0.15, 0.2) is 0 Å². The van der Waals surface area contributed by atoms with Crippen molar-refractivity contribution in [2.24, 2.45) is 0 Å². The second kappa shape index (κ2) is 10.9. The van der Waals surface area contributed by atoms with Gasteiger partial charge in [-0.25, -0.2) is 0 Å². The second-order valence-electron chi connectivity index (χ2n) is 6.29. The number of hydrogen-bond acceptors (Lipinski definition) is 4. The number of aliphatic hydroxyl groups is 1. The summed E-state index contributed by atoms with van der Waals surface area (Å²) in [5, 5.41) is 10.4. The minimum Gasteiger partial charge on any atom is -0.491 e. The zero-order valence-electron chi connectivity index (χ0n) is 15.2. The first kappa shape index (κ1) is 19.4. The first-order chi connectivity index (χ1) is 12.2. The van der Waals surface area contributed by atoms with Gasteiger partial charge >= 0.3 is 0 Å². The number of methoxy groups -OCH3 is 1. The molecular formula is C21H29NO3. The van der Waals surface area contributed by atoms with E-state index in [0.29, 0.717) is 13.2 Å². The lowest BCUT2D eigenvalue weighted by Gasteiger charge is -2.26. The monoisotopic (exact) mass is 343 g/mol. The fourth-order valence-electron chi connectivity index (χ4n) is 2.76. The van der Waals surface area contributed by atoms with Gasteiger partial charge in [-0.05, 0) is 36.6 Å². The quantitative estimate of drug-likeness (QED) is 0.636. The lowest BCUT2D eigenvalue weighted by molar-refractivity contribution is 0.0617. The highest BCUT2D eigenvalue weighted by molar-refractivity contribution is 5.25. The van der Waals surface area contributed by atoms with E-state index < -0.39 is 6.10 Å². The Morgan fingerprint density at radius 3 is 2.48 bits per heavy atom. The van der Waals surface area contributed by atoms with E-state index in [1.54, 1.807) is 7.11 Å². The van der Waals surface area contributed by atoms with E-state index in [4.69, 9.17) is 9.47 Å². The second-order valence-corrected chi connectivity index (χ2v) is 6.29. The van der Waals surface area contributed by atoms with Gasteiger partial charge in [0.1, 0.15) is 18.5 Å². The van der Waals surface area contributed by atoms with Crippen LogP contribution in [0.25, 0.3) is 0 Å². The van der Waals surface area contributed by atoms with Crippen molar-refractivity contribution in [1.82, 2.24) is 4.90 Å². The van der Waals surface area contributed by atoms with E-state index in [-0.39, 0.29) is 0 Å². The van der Waals surface area contributed by atoms with Gasteiger partial charge in [-0.3, -0.25) is 4.90 Å². The molecule has 0 saturated carbocycles. The van der Waals surface area contributed by atoms with Crippen molar-refractivity contribution in [1.29, 1.82) is 0 Å². The lowest BCUT2D eigenvalue weighted by Crippen LogP contribution is -2.36. The molecular weight excluding hydrogens is 314 g/mol. The summed E-state index contributed by atoms with van der Waals surface area (Å²) in [6.45, 7) is 5.41. The standard InChI is InChI=1S/C21H29NO3/c1-18-9-6-7-10-19(18)15-22(13-8-14-24-2)16-20(23)17-25-21-11-4-3-5-12-21/h3-7,9-12,20,23H,8,13-17H2,1-2H3. The van der Waals surface area contributed by atoms with Crippen LogP contribution < -0.4 is 4.74 Å². The van der Waals surface area contributed by atoms with Crippen LogP contribution in [0, 0.1) is 6.92 Å². The molecule has 0 bridgehead atoms. The van der Waals surface area contributed by atoms with Crippen molar-refractivity contribution in [3.63, 3.8) is 0 Å². The topological polar surface area (TPSA) is 41.9 Å². The third-order valence-corrected chi connectivity index (χ3v) is 4.13. The van der Waals surface area contributed by atoms with Crippen LogP contribution in [-0.2, 0) is 11.3 Å². The van der Waals surface area contributed by atoms with Crippen LogP contribution in [0.5, 0.6) is 5.75 Å². The van der Waals surface area contributed by atoms with Crippen molar-refractivity contribution < 1.29 is 14.6 Å². The molecule has 25 heavy (non-hydrogen) atoms. The number of aliphatic hydroxyl groups excluding tert-OH is 1.